The molecule has 3 rings (SSSR count). The molecule has 1 saturated carbocycles. The molecule has 0 aliphatic heterocycles. The first-order valence-corrected chi connectivity index (χ1v) is 7.89. The minimum atomic E-state index is -0.452. The largest absolute Gasteiger partial charge is 0.352 e. The summed E-state index contributed by atoms with van der Waals surface area (Å²) in [5, 5.41) is 0. The van der Waals surface area contributed by atoms with E-state index in [1.807, 2.05) is 12.1 Å². The zero-order chi connectivity index (χ0) is 13.8. The van der Waals surface area contributed by atoms with E-state index in [1.165, 1.54) is 11.1 Å². The average molecular weight is 286 g/mol. The molecular formula is C17H19O2P. The molecule has 20 heavy (non-hydrogen) atoms. The third-order valence-corrected chi connectivity index (χ3v) is 4.75. The number of hydrogen-bond donors (Lipinski definition) is 1. The van der Waals surface area contributed by atoms with Gasteiger partial charge in [-0.15, -0.1) is 0 Å². The van der Waals surface area contributed by atoms with E-state index < -0.39 is 9.03 Å². The molecule has 0 bridgehead atoms. The summed E-state index contributed by atoms with van der Waals surface area (Å²) < 4.78 is 5.71. The summed E-state index contributed by atoms with van der Waals surface area (Å²) in [4.78, 5) is 9.26. The predicted molar refractivity (Wildman–Crippen MR) is 82.9 cm³/mol. The second kappa shape index (κ2) is 6.05. The van der Waals surface area contributed by atoms with Gasteiger partial charge in [-0.3, -0.25) is 0 Å². The lowest BCUT2D eigenvalue weighted by molar-refractivity contribution is 0.163. The van der Waals surface area contributed by atoms with Gasteiger partial charge in [-0.25, -0.2) is 0 Å². The topological polar surface area (TPSA) is 29.5 Å². The Kier molecular flexibility index (Phi) is 4.16. The first-order chi connectivity index (χ1) is 9.88. The van der Waals surface area contributed by atoms with Crippen molar-refractivity contribution in [1.29, 1.82) is 0 Å². The van der Waals surface area contributed by atoms with Crippen molar-refractivity contribution in [3.05, 3.63) is 71.8 Å². The van der Waals surface area contributed by atoms with E-state index in [-0.39, 0.29) is 11.5 Å². The van der Waals surface area contributed by atoms with E-state index in [4.69, 9.17) is 4.52 Å². The monoisotopic (exact) mass is 286 g/mol. The van der Waals surface area contributed by atoms with Crippen LogP contribution in [0.5, 0.6) is 0 Å². The lowest BCUT2D eigenvalue weighted by Crippen LogP contribution is -2.36. The molecule has 2 nitrogen and oxygen atoms in total. The fraction of sp³-hybridized carbons (Fsp3) is 0.294. The zero-order valence-corrected chi connectivity index (χ0v) is 12.3. The van der Waals surface area contributed by atoms with Gasteiger partial charge in [0, 0.05) is 5.41 Å². The zero-order valence-electron chi connectivity index (χ0n) is 11.3. The Hall–Kier alpha value is -1.21. The molecule has 1 N–H and O–H groups in total. The van der Waals surface area contributed by atoms with Gasteiger partial charge in [0.05, 0.1) is 6.10 Å². The third kappa shape index (κ3) is 2.29. The minimum absolute atomic E-state index is 0.0515. The van der Waals surface area contributed by atoms with Crippen molar-refractivity contribution in [2.24, 2.45) is 0 Å². The molecule has 0 amide bonds. The lowest BCUT2D eigenvalue weighted by atomic mass is 9.71. The summed E-state index contributed by atoms with van der Waals surface area (Å²) >= 11 is 0. The number of hydrogen-bond acceptors (Lipinski definition) is 2. The fourth-order valence-corrected chi connectivity index (χ4v) is 3.94. The number of rotatable bonds is 4. The SMILES string of the molecule is OPOC1CCCC1(c1ccccc1)c1ccccc1. The molecule has 1 fully saturated rings. The molecule has 0 aromatic heterocycles. The van der Waals surface area contributed by atoms with Gasteiger partial charge in [-0.05, 0) is 30.4 Å². The van der Waals surface area contributed by atoms with Crippen LogP contribution < -0.4 is 0 Å². The summed E-state index contributed by atoms with van der Waals surface area (Å²) in [5.74, 6) is 0. The second-order valence-corrected chi connectivity index (χ2v) is 5.71. The van der Waals surface area contributed by atoms with Crippen molar-refractivity contribution < 1.29 is 9.42 Å². The maximum Gasteiger partial charge on any atom is 0.152 e. The normalized spacial score (nSPS) is 21.6. The Morgan fingerprint density at radius 2 is 1.50 bits per heavy atom. The third-order valence-electron chi connectivity index (χ3n) is 4.36. The highest BCUT2D eigenvalue weighted by Gasteiger charge is 2.46. The van der Waals surface area contributed by atoms with Gasteiger partial charge < -0.3 is 9.42 Å². The molecule has 104 valence electrons. The van der Waals surface area contributed by atoms with Gasteiger partial charge in [0.15, 0.2) is 9.03 Å². The second-order valence-electron chi connectivity index (χ2n) is 5.29. The van der Waals surface area contributed by atoms with Gasteiger partial charge >= 0.3 is 0 Å². The molecule has 0 spiro atoms. The van der Waals surface area contributed by atoms with Crippen LogP contribution in [-0.2, 0) is 9.94 Å². The van der Waals surface area contributed by atoms with E-state index in [0.717, 1.165) is 19.3 Å². The Bertz CT molecular complexity index is 502. The highest BCUT2D eigenvalue weighted by Crippen LogP contribution is 2.49. The maximum absolute atomic E-state index is 9.26. The molecule has 1 aliphatic rings. The van der Waals surface area contributed by atoms with Crippen molar-refractivity contribution in [3.8, 4) is 0 Å². The molecule has 0 saturated heterocycles. The Morgan fingerprint density at radius 1 is 0.950 bits per heavy atom. The molecule has 1 aliphatic carbocycles. The van der Waals surface area contributed by atoms with Crippen LogP contribution in [0.2, 0.25) is 0 Å². The molecule has 0 heterocycles. The predicted octanol–water partition coefficient (Wildman–Crippen LogP) is 4.04. The average Bonchev–Trinajstić information content (AvgIpc) is 2.94. The minimum Gasteiger partial charge on any atom is -0.352 e. The smallest absolute Gasteiger partial charge is 0.152 e. The highest BCUT2D eigenvalue weighted by molar-refractivity contribution is 7.25. The molecular weight excluding hydrogens is 267 g/mol. The Balaban J connectivity index is 2.13. The van der Waals surface area contributed by atoms with E-state index in [2.05, 4.69) is 48.5 Å². The summed E-state index contributed by atoms with van der Waals surface area (Å²) in [6.45, 7) is 0. The standard InChI is InChI=1S/C17H19O2P/c18-20-19-16-12-7-13-17(16,14-8-3-1-4-9-14)15-10-5-2-6-11-15/h1-6,8-11,16,18,20H,7,12-13H2. The van der Waals surface area contributed by atoms with E-state index in [0.29, 0.717) is 0 Å². The highest BCUT2D eigenvalue weighted by atomic mass is 31.1. The maximum atomic E-state index is 9.26. The Morgan fingerprint density at radius 3 is 2.00 bits per heavy atom. The van der Waals surface area contributed by atoms with Gasteiger partial charge in [0.2, 0.25) is 0 Å². The van der Waals surface area contributed by atoms with Gasteiger partial charge in [0.25, 0.3) is 0 Å². The first-order valence-electron chi connectivity index (χ1n) is 7.04. The molecule has 0 radical (unpaired) electrons. The fourth-order valence-electron chi connectivity index (χ4n) is 3.50. The quantitative estimate of drug-likeness (QED) is 0.859. The lowest BCUT2D eigenvalue weighted by Gasteiger charge is -2.36. The van der Waals surface area contributed by atoms with Crippen molar-refractivity contribution in [3.63, 3.8) is 0 Å². The van der Waals surface area contributed by atoms with E-state index >= 15 is 0 Å². The van der Waals surface area contributed by atoms with Crippen LogP contribution in [0.15, 0.2) is 60.7 Å². The molecule has 2 aromatic rings. The summed E-state index contributed by atoms with van der Waals surface area (Å²) in [6.07, 6.45) is 3.24. The van der Waals surface area contributed by atoms with Crippen LogP contribution >= 0.6 is 9.03 Å². The molecule has 2 aromatic carbocycles. The summed E-state index contributed by atoms with van der Waals surface area (Å²) in [5.41, 5.74) is 2.44. The molecule has 2 unspecified atom stereocenters. The summed E-state index contributed by atoms with van der Waals surface area (Å²) in [6, 6.07) is 21.1. The van der Waals surface area contributed by atoms with Crippen molar-refractivity contribution >= 4 is 9.03 Å². The van der Waals surface area contributed by atoms with Crippen LogP contribution in [0.4, 0.5) is 0 Å². The number of benzene rings is 2. The molecule has 2 atom stereocenters. The van der Waals surface area contributed by atoms with Crippen molar-refractivity contribution in [2.45, 2.75) is 30.8 Å². The van der Waals surface area contributed by atoms with E-state index in [1.54, 1.807) is 0 Å². The van der Waals surface area contributed by atoms with Gasteiger partial charge in [0.1, 0.15) is 0 Å². The first kappa shape index (κ1) is 13.8. The van der Waals surface area contributed by atoms with Crippen LogP contribution in [0.3, 0.4) is 0 Å². The summed E-state index contributed by atoms with van der Waals surface area (Å²) in [7, 11) is -0.452. The Labute approximate surface area is 121 Å². The van der Waals surface area contributed by atoms with E-state index in [9.17, 15) is 4.89 Å². The van der Waals surface area contributed by atoms with Crippen molar-refractivity contribution in [1.82, 2.24) is 0 Å². The van der Waals surface area contributed by atoms with Crippen LogP contribution in [0.1, 0.15) is 30.4 Å². The van der Waals surface area contributed by atoms with Gasteiger partial charge in [-0.1, -0.05) is 60.7 Å². The van der Waals surface area contributed by atoms with Crippen molar-refractivity contribution in [2.75, 3.05) is 0 Å². The van der Waals surface area contributed by atoms with Gasteiger partial charge in [-0.2, -0.15) is 0 Å². The van der Waals surface area contributed by atoms with Crippen LogP contribution in [0.25, 0.3) is 0 Å². The van der Waals surface area contributed by atoms with Crippen LogP contribution in [0, 0.1) is 0 Å². The van der Waals surface area contributed by atoms with Crippen LogP contribution in [-0.4, -0.2) is 11.0 Å². The molecule has 3 heteroatoms.